The van der Waals surface area contributed by atoms with E-state index in [2.05, 4.69) is 0 Å². The minimum Gasteiger partial charge on any atom is -0.493 e. The molecule has 0 fully saturated rings. The molecule has 0 heterocycles. The summed E-state index contributed by atoms with van der Waals surface area (Å²) in [6, 6.07) is 5.34. The van der Waals surface area contributed by atoms with Gasteiger partial charge < -0.3 is 19.3 Å². The van der Waals surface area contributed by atoms with Crippen LogP contribution in [-0.4, -0.2) is 32.5 Å². The van der Waals surface area contributed by atoms with E-state index in [9.17, 15) is 5.11 Å². The van der Waals surface area contributed by atoms with Crippen LogP contribution in [0.15, 0.2) is 18.2 Å². The Labute approximate surface area is 102 Å². The summed E-state index contributed by atoms with van der Waals surface area (Å²) in [6.45, 7) is 4.43. The molecule has 0 saturated heterocycles. The summed E-state index contributed by atoms with van der Waals surface area (Å²) in [5.41, 5.74) is -0.293. The van der Waals surface area contributed by atoms with Crippen molar-refractivity contribution in [3.8, 4) is 11.5 Å². The maximum Gasteiger partial charge on any atom is 0.161 e. The number of hydrogen-bond acceptors (Lipinski definition) is 4. The van der Waals surface area contributed by atoms with E-state index in [0.29, 0.717) is 18.1 Å². The Balaban J connectivity index is 2.98. The van der Waals surface area contributed by atoms with Crippen LogP contribution < -0.4 is 9.47 Å². The van der Waals surface area contributed by atoms with Crippen LogP contribution in [0.4, 0.5) is 0 Å². The van der Waals surface area contributed by atoms with E-state index in [1.165, 1.54) is 0 Å². The van der Waals surface area contributed by atoms with Crippen LogP contribution in [0.2, 0.25) is 0 Å². The summed E-state index contributed by atoms with van der Waals surface area (Å²) in [4.78, 5) is 0. The van der Waals surface area contributed by atoms with Crippen molar-refractivity contribution >= 4 is 0 Å². The van der Waals surface area contributed by atoms with Gasteiger partial charge in [0, 0.05) is 6.61 Å². The minimum absolute atomic E-state index is 0.249. The highest BCUT2D eigenvalue weighted by Gasteiger charge is 2.24. The molecule has 0 amide bonds. The lowest BCUT2D eigenvalue weighted by atomic mass is 9.96. The molecule has 1 N–H and O–H groups in total. The molecular weight excluding hydrogens is 220 g/mol. The summed E-state index contributed by atoms with van der Waals surface area (Å²) < 4.78 is 15.6. The van der Waals surface area contributed by atoms with Gasteiger partial charge in [-0.25, -0.2) is 0 Å². The zero-order valence-corrected chi connectivity index (χ0v) is 10.8. The second-order valence-electron chi connectivity index (χ2n) is 3.98. The number of methoxy groups -OCH3 is 2. The van der Waals surface area contributed by atoms with E-state index in [1.54, 1.807) is 39.3 Å². The highest BCUT2D eigenvalue weighted by atomic mass is 16.5. The SMILES string of the molecule is CCOCC(C)(O)c1ccc(OC)c(OC)c1. The smallest absolute Gasteiger partial charge is 0.161 e. The highest BCUT2D eigenvalue weighted by Crippen LogP contribution is 2.32. The van der Waals surface area contributed by atoms with Crippen LogP contribution in [0.1, 0.15) is 19.4 Å². The third kappa shape index (κ3) is 3.35. The molecular formula is C13H20O4. The summed E-state index contributed by atoms with van der Waals surface area (Å²) in [5.74, 6) is 1.24. The topological polar surface area (TPSA) is 47.9 Å². The molecule has 0 aliphatic rings. The first kappa shape index (κ1) is 13.8. The van der Waals surface area contributed by atoms with Crippen LogP contribution in [-0.2, 0) is 10.3 Å². The van der Waals surface area contributed by atoms with E-state index in [4.69, 9.17) is 14.2 Å². The first-order chi connectivity index (χ1) is 8.05. The molecule has 0 radical (unpaired) electrons. The van der Waals surface area contributed by atoms with Crippen molar-refractivity contribution in [1.82, 2.24) is 0 Å². The Morgan fingerprint density at radius 2 is 1.82 bits per heavy atom. The number of ether oxygens (including phenoxy) is 3. The van der Waals surface area contributed by atoms with Crippen molar-refractivity contribution in [2.75, 3.05) is 27.4 Å². The van der Waals surface area contributed by atoms with Crippen molar-refractivity contribution in [3.05, 3.63) is 23.8 Å². The summed E-state index contributed by atoms with van der Waals surface area (Å²) in [6.07, 6.45) is 0. The molecule has 0 aromatic heterocycles. The van der Waals surface area contributed by atoms with Gasteiger partial charge in [0.15, 0.2) is 11.5 Å². The molecule has 0 bridgehead atoms. The van der Waals surface area contributed by atoms with Gasteiger partial charge in [-0.1, -0.05) is 6.07 Å². The van der Waals surface area contributed by atoms with Crippen LogP contribution >= 0.6 is 0 Å². The van der Waals surface area contributed by atoms with E-state index >= 15 is 0 Å². The van der Waals surface area contributed by atoms with Gasteiger partial charge >= 0.3 is 0 Å². The van der Waals surface area contributed by atoms with Crippen molar-refractivity contribution in [3.63, 3.8) is 0 Å². The van der Waals surface area contributed by atoms with E-state index in [-0.39, 0.29) is 6.61 Å². The molecule has 0 aliphatic carbocycles. The van der Waals surface area contributed by atoms with Gasteiger partial charge in [-0.2, -0.15) is 0 Å². The predicted molar refractivity (Wildman–Crippen MR) is 65.6 cm³/mol. The Bertz CT molecular complexity index is 360. The second-order valence-corrected chi connectivity index (χ2v) is 3.98. The fourth-order valence-electron chi connectivity index (χ4n) is 1.56. The van der Waals surface area contributed by atoms with Crippen LogP contribution in [0.3, 0.4) is 0 Å². The third-order valence-electron chi connectivity index (χ3n) is 2.59. The standard InChI is InChI=1S/C13H20O4/c1-5-17-9-13(2,14)10-6-7-11(15-3)12(8-10)16-4/h6-8,14H,5,9H2,1-4H3. The van der Waals surface area contributed by atoms with Gasteiger partial charge in [0.05, 0.1) is 20.8 Å². The number of aliphatic hydroxyl groups is 1. The lowest BCUT2D eigenvalue weighted by Gasteiger charge is -2.24. The zero-order valence-electron chi connectivity index (χ0n) is 10.8. The summed E-state index contributed by atoms with van der Waals surface area (Å²) in [7, 11) is 3.15. The van der Waals surface area contributed by atoms with Gasteiger partial charge in [-0.15, -0.1) is 0 Å². The van der Waals surface area contributed by atoms with Gasteiger partial charge in [0.25, 0.3) is 0 Å². The lowest BCUT2D eigenvalue weighted by Crippen LogP contribution is -2.27. The van der Waals surface area contributed by atoms with Crippen LogP contribution in [0.25, 0.3) is 0 Å². The van der Waals surface area contributed by atoms with Crippen molar-refractivity contribution in [2.45, 2.75) is 19.4 Å². The van der Waals surface area contributed by atoms with Crippen molar-refractivity contribution < 1.29 is 19.3 Å². The monoisotopic (exact) mass is 240 g/mol. The molecule has 1 rings (SSSR count). The number of hydrogen-bond donors (Lipinski definition) is 1. The Kier molecular flexibility index (Phi) is 4.78. The molecule has 4 heteroatoms. The fourth-order valence-corrected chi connectivity index (χ4v) is 1.56. The molecule has 96 valence electrons. The molecule has 0 spiro atoms. The third-order valence-corrected chi connectivity index (χ3v) is 2.59. The van der Waals surface area contributed by atoms with E-state index in [1.807, 2.05) is 6.92 Å². The second kappa shape index (κ2) is 5.89. The zero-order chi connectivity index (χ0) is 12.9. The van der Waals surface area contributed by atoms with Gasteiger partial charge in [0.1, 0.15) is 5.60 Å². The average molecular weight is 240 g/mol. The average Bonchev–Trinajstić information content (AvgIpc) is 2.35. The molecule has 4 nitrogen and oxygen atoms in total. The largest absolute Gasteiger partial charge is 0.493 e. The lowest BCUT2D eigenvalue weighted by molar-refractivity contribution is -0.0344. The number of benzene rings is 1. The molecule has 1 atom stereocenters. The normalized spacial score (nSPS) is 14.2. The Hall–Kier alpha value is -1.26. The molecule has 1 aromatic carbocycles. The fraction of sp³-hybridized carbons (Fsp3) is 0.538. The van der Waals surface area contributed by atoms with Gasteiger partial charge in [-0.3, -0.25) is 0 Å². The summed E-state index contributed by atoms with van der Waals surface area (Å²) >= 11 is 0. The molecule has 0 saturated carbocycles. The van der Waals surface area contributed by atoms with E-state index in [0.717, 1.165) is 5.56 Å². The summed E-state index contributed by atoms with van der Waals surface area (Å²) in [5, 5.41) is 10.3. The highest BCUT2D eigenvalue weighted by molar-refractivity contribution is 5.44. The Morgan fingerprint density at radius 3 is 2.35 bits per heavy atom. The van der Waals surface area contributed by atoms with Gasteiger partial charge in [-0.05, 0) is 31.5 Å². The molecule has 0 aliphatic heterocycles. The van der Waals surface area contributed by atoms with Gasteiger partial charge in [0.2, 0.25) is 0 Å². The molecule has 1 unspecified atom stereocenters. The van der Waals surface area contributed by atoms with Crippen LogP contribution in [0.5, 0.6) is 11.5 Å². The quantitative estimate of drug-likeness (QED) is 0.825. The Morgan fingerprint density at radius 1 is 1.18 bits per heavy atom. The predicted octanol–water partition coefficient (Wildman–Crippen LogP) is 1.95. The van der Waals surface area contributed by atoms with Crippen molar-refractivity contribution in [1.29, 1.82) is 0 Å². The maximum atomic E-state index is 10.3. The molecule has 1 aromatic rings. The van der Waals surface area contributed by atoms with Crippen molar-refractivity contribution in [2.24, 2.45) is 0 Å². The molecule has 17 heavy (non-hydrogen) atoms. The first-order valence-electron chi connectivity index (χ1n) is 5.57. The number of rotatable bonds is 6. The van der Waals surface area contributed by atoms with E-state index < -0.39 is 5.60 Å². The minimum atomic E-state index is -1.03. The maximum absolute atomic E-state index is 10.3. The first-order valence-corrected chi connectivity index (χ1v) is 5.57. The van der Waals surface area contributed by atoms with Crippen LogP contribution in [0, 0.1) is 0 Å².